The Balaban J connectivity index is 1.26. The molecule has 0 radical (unpaired) electrons. The smallest absolute Gasteiger partial charge is 0.124 e. The quantitative estimate of drug-likeness (QED) is 0.849. The first-order valence-electron chi connectivity index (χ1n) is 9.55. The van der Waals surface area contributed by atoms with Gasteiger partial charge in [-0.05, 0) is 44.0 Å². The summed E-state index contributed by atoms with van der Waals surface area (Å²) in [7, 11) is 0. The van der Waals surface area contributed by atoms with E-state index in [9.17, 15) is 0 Å². The van der Waals surface area contributed by atoms with Crippen LogP contribution in [0.1, 0.15) is 29.7 Å². The van der Waals surface area contributed by atoms with Crippen LogP contribution >= 0.6 is 0 Å². The molecule has 1 fully saturated rings. The van der Waals surface area contributed by atoms with E-state index in [1.165, 1.54) is 37.1 Å². The lowest BCUT2D eigenvalue weighted by molar-refractivity contribution is 0.331. The van der Waals surface area contributed by atoms with Gasteiger partial charge in [0.1, 0.15) is 5.82 Å². The van der Waals surface area contributed by atoms with Crippen LogP contribution in [0.3, 0.4) is 0 Å². The highest BCUT2D eigenvalue weighted by Crippen LogP contribution is 2.18. The summed E-state index contributed by atoms with van der Waals surface area (Å²) in [5, 5.41) is 11.7. The fraction of sp³-hybridized carbons (Fsp3) is 0.550. The van der Waals surface area contributed by atoms with Gasteiger partial charge in [0.25, 0.3) is 0 Å². The Morgan fingerprint density at radius 2 is 2.04 bits per heavy atom. The minimum absolute atomic E-state index is 0.583. The van der Waals surface area contributed by atoms with E-state index in [4.69, 9.17) is 0 Å². The number of anilines is 1. The maximum Gasteiger partial charge on any atom is 0.124 e. The van der Waals surface area contributed by atoms with Crippen molar-refractivity contribution in [3.63, 3.8) is 0 Å². The first kappa shape index (κ1) is 16.6. The number of hydrogen-bond acceptors (Lipinski definition) is 4. The number of rotatable bonds is 6. The van der Waals surface area contributed by atoms with Crippen LogP contribution in [0, 0.1) is 12.8 Å². The van der Waals surface area contributed by atoms with Crippen molar-refractivity contribution < 1.29 is 0 Å². The Bertz CT molecular complexity index is 702. The van der Waals surface area contributed by atoms with Crippen molar-refractivity contribution in [3.05, 3.63) is 47.2 Å². The second-order valence-electron chi connectivity index (χ2n) is 7.53. The predicted molar refractivity (Wildman–Crippen MR) is 102 cm³/mol. The molecule has 2 aliphatic rings. The van der Waals surface area contributed by atoms with E-state index in [2.05, 4.69) is 62.6 Å². The van der Waals surface area contributed by atoms with Crippen molar-refractivity contribution >= 4 is 5.82 Å². The topological polar surface area (TPSA) is 45.1 Å². The number of aromatic nitrogens is 2. The summed E-state index contributed by atoms with van der Waals surface area (Å²) < 4.78 is 2.10. The van der Waals surface area contributed by atoms with E-state index in [1.807, 2.05) is 0 Å². The van der Waals surface area contributed by atoms with Gasteiger partial charge in [-0.15, -0.1) is 0 Å². The molecule has 0 spiro atoms. The molecule has 0 unspecified atom stereocenters. The fourth-order valence-electron chi connectivity index (χ4n) is 3.98. The lowest BCUT2D eigenvalue weighted by atomic mass is 10.1. The number of likely N-dealkylation sites (tertiary alicyclic amines) is 1. The number of hydrogen-bond donors (Lipinski definition) is 2. The average Bonchev–Trinajstić information content (AvgIpc) is 3.23. The Hall–Kier alpha value is -1.85. The summed E-state index contributed by atoms with van der Waals surface area (Å²) >= 11 is 0. The van der Waals surface area contributed by atoms with Crippen LogP contribution in [0.5, 0.6) is 0 Å². The van der Waals surface area contributed by atoms with E-state index < -0.39 is 0 Å². The third kappa shape index (κ3) is 4.22. The van der Waals surface area contributed by atoms with Crippen molar-refractivity contribution in [1.82, 2.24) is 20.0 Å². The molecule has 1 atom stereocenters. The molecule has 3 heterocycles. The van der Waals surface area contributed by atoms with Crippen LogP contribution < -0.4 is 10.6 Å². The van der Waals surface area contributed by atoms with Gasteiger partial charge in [-0.1, -0.05) is 24.3 Å². The van der Waals surface area contributed by atoms with Crippen molar-refractivity contribution in [2.75, 3.05) is 31.5 Å². The normalized spacial score (nSPS) is 20.4. The Labute approximate surface area is 150 Å². The van der Waals surface area contributed by atoms with E-state index in [-0.39, 0.29) is 0 Å². The minimum Gasteiger partial charge on any atom is -0.370 e. The Morgan fingerprint density at radius 3 is 2.92 bits per heavy atom. The third-order valence-corrected chi connectivity index (χ3v) is 5.26. The van der Waals surface area contributed by atoms with Gasteiger partial charge in [0.2, 0.25) is 0 Å². The number of nitrogens with zero attached hydrogens (tertiary/aromatic N) is 3. The maximum absolute atomic E-state index is 4.55. The molecule has 4 rings (SSSR count). The Kier molecular flexibility index (Phi) is 5.04. The van der Waals surface area contributed by atoms with E-state index >= 15 is 0 Å². The molecule has 5 nitrogen and oxygen atoms in total. The van der Waals surface area contributed by atoms with E-state index in [0.29, 0.717) is 5.92 Å². The minimum atomic E-state index is 0.583. The zero-order valence-electron chi connectivity index (χ0n) is 15.2. The van der Waals surface area contributed by atoms with Gasteiger partial charge < -0.3 is 10.6 Å². The molecule has 0 bridgehead atoms. The van der Waals surface area contributed by atoms with Gasteiger partial charge in [0.15, 0.2) is 0 Å². The van der Waals surface area contributed by atoms with Crippen molar-refractivity contribution in [1.29, 1.82) is 0 Å². The zero-order chi connectivity index (χ0) is 17.1. The molecule has 2 aliphatic heterocycles. The highest BCUT2D eigenvalue weighted by molar-refractivity contribution is 5.38. The highest BCUT2D eigenvalue weighted by atomic mass is 15.3. The molecule has 2 N–H and O–H groups in total. The largest absolute Gasteiger partial charge is 0.370 e. The molecule has 0 aliphatic carbocycles. The molecular formula is C20H29N5. The van der Waals surface area contributed by atoms with Crippen molar-refractivity contribution in [3.8, 4) is 0 Å². The maximum atomic E-state index is 4.55. The highest BCUT2D eigenvalue weighted by Gasteiger charge is 2.18. The molecule has 5 heteroatoms. The second-order valence-corrected chi connectivity index (χ2v) is 7.53. The van der Waals surface area contributed by atoms with Gasteiger partial charge in [-0.25, -0.2) is 4.68 Å². The summed E-state index contributed by atoms with van der Waals surface area (Å²) in [6.07, 6.45) is 2.71. The first-order valence-corrected chi connectivity index (χ1v) is 9.55. The SMILES string of the molecule is Cc1cc2n(n1)C[C@H](CNCc1cccc(CN3CCCC3)c1)CN2. The standard InChI is InChI=1S/C20H29N5/c1-16-9-20-22-13-19(15-25(20)23-16)12-21-11-17-5-4-6-18(10-17)14-24-7-2-3-8-24/h4-6,9-10,19,21-22H,2-3,7-8,11-15H2,1H3/t19-/m1/s1. The van der Waals surface area contributed by atoms with E-state index in [1.54, 1.807) is 0 Å². The third-order valence-electron chi connectivity index (χ3n) is 5.26. The van der Waals surface area contributed by atoms with Crippen molar-refractivity contribution in [2.45, 2.75) is 39.4 Å². The number of aryl methyl sites for hydroxylation is 1. The van der Waals surface area contributed by atoms with Gasteiger partial charge in [-0.3, -0.25) is 4.90 Å². The summed E-state index contributed by atoms with van der Waals surface area (Å²) in [5.41, 5.74) is 3.92. The number of benzene rings is 1. The second kappa shape index (κ2) is 7.58. The molecule has 25 heavy (non-hydrogen) atoms. The molecule has 134 valence electrons. The molecule has 0 saturated carbocycles. The summed E-state index contributed by atoms with van der Waals surface area (Å²) in [4.78, 5) is 2.56. The van der Waals surface area contributed by atoms with Crippen LogP contribution in [-0.2, 0) is 19.6 Å². The number of fused-ring (bicyclic) bond motifs is 1. The van der Waals surface area contributed by atoms with Crippen LogP contribution in [-0.4, -0.2) is 40.9 Å². The molecule has 1 saturated heterocycles. The van der Waals surface area contributed by atoms with Gasteiger partial charge >= 0.3 is 0 Å². The summed E-state index contributed by atoms with van der Waals surface area (Å²) in [6, 6.07) is 11.2. The van der Waals surface area contributed by atoms with Gasteiger partial charge in [0, 0.05) is 44.7 Å². The summed E-state index contributed by atoms with van der Waals surface area (Å²) in [6.45, 7) is 9.64. The predicted octanol–water partition coefficient (Wildman–Crippen LogP) is 2.62. The number of nitrogens with one attached hydrogen (secondary N) is 2. The van der Waals surface area contributed by atoms with Crippen molar-refractivity contribution in [2.24, 2.45) is 5.92 Å². The van der Waals surface area contributed by atoms with Gasteiger partial charge in [0.05, 0.1) is 5.69 Å². The summed E-state index contributed by atoms with van der Waals surface area (Å²) in [5.74, 6) is 1.74. The fourth-order valence-corrected chi connectivity index (χ4v) is 3.98. The zero-order valence-corrected chi connectivity index (χ0v) is 15.2. The van der Waals surface area contributed by atoms with Crippen LogP contribution in [0.2, 0.25) is 0 Å². The molecular weight excluding hydrogens is 310 g/mol. The average molecular weight is 339 g/mol. The molecule has 2 aromatic rings. The molecule has 1 aromatic heterocycles. The lowest BCUT2D eigenvalue weighted by Gasteiger charge is -2.25. The first-order chi connectivity index (χ1) is 12.3. The van der Waals surface area contributed by atoms with E-state index in [0.717, 1.165) is 44.2 Å². The lowest BCUT2D eigenvalue weighted by Crippen LogP contribution is -2.35. The molecule has 1 aromatic carbocycles. The molecule has 0 amide bonds. The van der Waals surface area contributed by atoms with Crippen LogP contribution in [0.4, 0.5) is 5.82 Å². The Morgan fingerprint density at radius 1 is 1.20 bits per heavy atom. The monoisotopic (exact) mass is 339 g/mol. The van der Waals surface area contributed by atoms with Gasteiger partial charge in [-0.2, -0.15) is 5.10 Å². The van der Waals surface area contributed by atoms with Crippen LogP contribution in [0.15, 0.2) is 30.3 Å². The van der Waals surface area contributed by atoms with Crippen LogP contribution in [0.25, 0.3) is 0 Å².